The van der Waals surface area contributed by atoms with Gasteiger partial charge in [0.1, 0.15) is 4.98 Å². The van der Waals surface area contributed by atoms with Crippen molar-refractivity contribution in [3.8, 4) is 0 Å². The van der Waals surface area contributed by atoms with Gasteiger partial charge in [-0.2, -0.15) is 0 Å². The van der Waals surface area contributed by atoms with Crippen molar-refractivity contribution in [3.05, 3.63) is 35.3 Å². The van der Waals surface area contributed by atoms with E-state index in [9.17, 15) is 4.79 Å². The van der Waals surface area contributed by atoms with Crippen molar-refractivity contribution in [3.63, 3.8) is 0 Å². The van der Waals surface area contributed by atoms with Crippen LogP contribution in [0.15, 0.2) is 30.3 Å². The molecule has 0 heterocycles. The Bertz CT molecular complexity index is 302. The quantitative estimate of drug-likeness (QED) is 0.669. The number of hydrogen-bond donors (Lipinski definition) is 1. The average molecular weight is 162 g/mol. The summed E-state index contributed by atoms with van der Waals surface area (Å²) >= 11 is 0. The lowest BCUT2D eigenvalue weighted by Crippen LogP contribution is -2.13. The zero-order chi connectivity index (χ0) is 8.81. The van der Waals surface area contributed by atoms with Crippen molar-refractivity contribution >= 4 is 11.6 Å². The molecule has 0 atom stereocenters. The van der Waals surface area contributed by atoms with Gasteiger partial charge in [-0.15, -0.1) is 0 Å². The number of anilines is 1. The molecule has 0 aliphatic rings. The van der Waals surface area contributed by atoms with Crippen LogP contribution in [0.1, 0.15) is 0 Å². The van der Waals surface area contributed by atoms with E-state index >= 15 is 0 Å². The molecule has 0 saturated carbocycles. The highest BCUT2D eigenvalue weighted by Gasteiger charge is 2.07. The first-order chi connectivity index (χ1) is 5.83. The molecule has 0 unspecified atom stereocenters. The molecule has 1 amide bonds. The molecule has 1 N–H and O–H groups in total. The highest BCUT2D eigenvalue weighted by atomic mass is 16.1. The second-order valence-corrected chi connectivity index (χ2v) is 2.21. The molecule has 4 heteroatoms. The maximum Gasteiger partial charge on any atom is 0.382 e. The second kappa shape index (κ2) is 4.09. The molecule has 0 aliphatic heterocycles. The van der Waals surface area contributed by atoms with E-state index in [-0.39, 0.29) is 12.5 Å². The van der Waals surface area contributed by atoms with Crippen LogP contribution in [-0.4, -0.2) is 12.5 Å². The van der Waals surface area contributed by atoms with E-state index in [2.05, 4.69) is 10.3 Å². The molecule has 0 radical (unpaired) electrons. The van der Waals surface area contributed by atoms with Crippen LogP contribution in [0.5, 0.6) is 0 Å². The summed E-state index contributed by atoms with van der Waals surface area (Å²) in [6.07, 6.45) is 0. The van der Waals surface area contributed by atoms with Gasteiger partial charge in [-0.3, -0.25) is 4.79 Å². The molecular weight excluding hydrogens is 154 g/mol. The number of nitrogens with zero attached hydrogens (tertiary/aromatic N) is 2. The van der Waals surface area contributed by atoms with E-state index in [0.717, 1.165) is 0 Å². The number of hydrogen-bond acceptors (Lipinski definition) is 2. The van der Waals surface area contributed by atoms with Crippen molar-refractivity contribution in [1.82, 2.24) is 0 Å². The smallest absolute Gasteiger partial charge is 0.319 e. The maximum atomic E-state index is 10.8. The van der Waals surface area contributed by atoms with Crippen molar-refractivity contribution in [2.75, 3.05) is 11.9 Å². The Hall–Kier alpha value is -1.89. The highest BCUT2D eigenvalue weighted by Crippen LogP contribution is 2.03. The zero-order valence-electron chi connectivity index (χ0n) is 6.40. The summed E-state index contributed by atoms with van der Waals surface area (Å²) < 4.78 is 0. The van der Waals surface area contributed by atoms with E-state index in [1.807, 2.05) is 18.2 Å². The minimum Gasteiger partial charge on any atom is -0.319 e. The SMILES string of the molecule is N#[N+]CC(=O)Nc1ccccc1. The largest absolute Gasteiger partial charge is 0.382 e. The second-order valence-electron chi connectivity index (χ2n) is 2.21. The fourth-order valence-corrected chi connectivity index (χ4v) is 0.786. The summed E-state index contributed by atoms with van der Waals surface area (Å²) in [7, 11) is 0. The van der Waals surface area contributed by atoms with Crippen molar-refractivity contribution < 1.29 is 4.79 Å². The Morgan fingerprint density at radius 3 is 2.67 bits per heavy atom. The van der Waals surface area contributed by atoms with E-state index < -0.39 is 0 Å². The summed E-state index contributed by atoms with van der Waals surface area (Å²) in [6, 6.07) is 8.99. The first kappa shape index (κ1) is 8.21. The third kappa shape index (κ3) is 2.39. The molecule has 1 rings (SSSR count). The molecule has 60 valence electrons. The summed E-state index contributed by atoms with van der Waals surface area (Å²) in [4.78, 5) is 13.6. The number of carbonyl (C=O) groups excluding carboxylic acids is 1. The topological polar surface area (TPSA) is 57.2 Å². The number of carbonyl (C=O) groups is 1. The Kier molecular flexibility index (Phi) is 2.79. The zero-order valence-corrected chi connectivity index (χ0v) is 6.40. The van der Waals surface area contributed by atoms with Crippen LogP contribution in [0.3, 0.4) is 0 Å². The van der Waals surface area contributed by atoms with Gasteiger partial charge in [0.25, 0.3) is 0 Å². The van der Waals surface area contributed by atoms with E-state index in [1.54, 1.807) is 12.1 Å². The fourth-order valence-electron chi connectivity index (χ4n) is 0.786. The highest BCUT2D eigenvalue weighted by molar-refractivity contribution is 5.93. The van der Waals surface area contributed by atoms with Crippen LogP contribution in [0.2, 0.25) is 0 Å². The number of rotatable bonds is 2. The van der Waals surface area contributed by atoms with Crippen LogP contribution in [0.4, 0.5) is 5.69 Å². The van der Waals surface area contributed by atoms with E-state index in [0.29, 0.717) is 5.69 Å². The van der Waals surface area contributed by atoms with Gasteiger partial charge in [-0.05, 0) is 12.1 Å². The van der Waals surface area contributed by atoms with Crippen molar-refractivity contribution in [2.24, 2.45) is 0 Å². The standard InChI is InChI=1S/C8H7N3O/c9-10-6-8(12)11-7-4-2-1-3-5-7/h1-5H,6H2/p+1. The monoisotopic (exact) mass is 162 g/mol. The van der Waals surface area contributed by atoms with Gasteiger partial charge in [0.05, 0.1) is 0 Å². The van der Waals surface area contributed by atoms with Gasteiger partial charge in [0.15, 0.2) is 0 Å². The predicted octanol–water partition coefficient (Wildman–Crippen LogP) is 1.48. The first-order valence-electron chi connectivity index (χ1n) is 3.48. The Morgan fingerprint density at radius 2 is 2.08 bits per heavy atom. The molecule has 0 aliphatic carbocycles. The number of benzene rings is 1. The molecule has 0 bridgehead atoms. The molecule has 12 heavy (non-hydrogen) atoms. The number of amides is 1. The number of diazo groups is 1. The third-order valence-corrected chi connectivity index (χ3v) is 1.27. The summed E-state index contributed by atoms with van der Waals surface area (Å²) in [5.41, 5.74) is 0.700. The van der Waals surface area contributed by atoms with Gasteiger partial charge in [-0.1, -0.05) is 18.2 Å². The molecule has 4 nitrogen and oxygen atoms in total. The lowest BCUT2D eigenvalue weighted by atomic mass is 10.3. The summed E-state index contributed by atoms with van der Waals surface area (Å²) in [5, 5.41) is 10.6. The number of para-hydroxylation sites is 1. The van der Waals surface area contributed by atoms with Crippen LogP contribution in [0.25, 0.3) is 4.98 Å². The molecular formula is C8H8N3O+. The maximum absolute atomic E-state index is 10.8. The van der Waals surface area contributed by atoms with Gasteiger partial charge >= 0.3 is 12.5 Å². The average Bonchev–Trinajstić information content (AvgIpc) is 2.06. The van der Waals surface area contributed by atoms with Gasteiger partial charge in [0, 0.05) is 5.69 Å². The Balaban J connectivity index is 2.54. The normalized spacial score (nSPS) is 8.58. The van der Waals surface area contributed by atoms with Crippen LogP contribution in [0, 0.1) is 5.39 Å². The lowest BCUT2D eigenvalue weighted by Gasteiger charge is -1.97. The van der Waals surface area contributed by atoms with E-state index in [1.165, 1.54) is 0 Å². The Morgan fingerprint density at radius 1 is 1.42 bits per heavy atom. The summed E-state index contributed by atoms with van der Waals surface area (Å²) in [5.74, 6) is -0.330. The third-order valence-electron chi connectivity index (χ3n) is 1.27. The molecule has 1 aromatic rings. The number of nitrogens with one attached hydrogen (secondary N) is 1. The summed E-state index contributed by atoms with van der Waals surface area (Å²) in [6.45, 7) is -0.227. The predicted molar refractivity (Wildman–Crippen MR) is 45.0 cm³/mol. The molecule has 0 spiro atoms. The van der Waals surface area contributed by atoms with Gasteiger partial charge < -0.3 is 5.32 Å². The van der Waals surface area contributed by atoms with Crippen LogP contribution in [-0.2, 0) is 4.79 Å². The first-order valence-corrected chi connectivity index (χ1v) is 3.48. The lowest BCUT2D eigenvalue weighted by molar-refractivity contribution is -0.114. The van der Waals surface area contributed by atoms with Gasteiger partial charge in [0.2, 0.25) is 5.39 Å². The van der Waals surface area contributed by atoms with Crippen LogP contribution >= 0.6 is 0 Å². The minimum absolute atomic E-state index is 0.227. The van der Waals surface area contributed by atoms with Crippen molar-refractivity contribution in [2.45, 2.75) is 0 Å². The van der Waals surface area contributed by atoms with Crippen molar-refractivity contribution in [1.29, 1.82) is 5.39 Å². The minimum atomic E-state index is -0.330. The van der Waals surface area contributed by atoms with Crippen LogP contribution < -0.4 is 5.32 Å². The fraction of sp³-hybridized carbons (Fsp3) is 0.125. The molecule has 0 aromatic heterocycles. The molecule has 0 fully saturated rings. The Labute approximate surface area is 69.8 Å². The van der Waals surface area contributed by atoms with Gasteiger partial charge in [-0.25, -0.2) is 0 Å². The molecule has 0 saturated heterocycles. The van der Waals surface area contributed by atoms with E-state index in [4.69, 9.17) is 5.39 Å². The molecule has 1 aromatic carbocycles.